The van der Waals surface area contributed by atoms with Crippen LogP contribution in [-0.2, 0) is 9.59 Å². The number of nitrogens with one attached hydrogen (secondary N) is 1. The molecule has 1 heterocycles. The molecule has 1 rings (SSSR count). The molecular formula is C13H17N3O4. The zero-order valence-corrected chi connectivity index (χ0v) is 11.4. The topological polar surface area (TPSA) is 99.6 Å². The van der Waals surface area contributed by atoms with Crippen molar-refractivity contribution in [3.8, 4) is 0 Å². The summed E-state index contributed by atoms with van der Waals surface area (Å²) in [5.74, 6) is -1.96. The van der Waals surface area contributed by atoms with Crippen molar-refractivity contribution in [1.82, 2.24) is 15.2 Å². The number of rotatable bonds is 6. The number of nitrogens with zero attached hydrogens (tertiary/aromatic N) is 2. The zero-order valence-electron chi connectivity index (χ0n) is 11.4. The van der Waals surface area contributed by atoms with E-state index in [1.807, 2.05) is 0 Å². The highest BCUT2D eigenvalue weighted by atomic mass is 16.4. The fraction of sp³-hybridized carbons (Fsp3) is 0.385. The van der Waals surface area contributed by atoms with E-state index in [0.29, 0.717) is 5.56 Å². The lowest BCUT2D eigenvalue weighted by atomic mass is 10.2. The van der Waals surface area contributed by atoms with Crippen LogP contribution in [0.4, 0.5) is 0 Å². The van der Waals surface area contributed by atoms with Crippen LogP contribution < -0.4 is 5.32 Å². The van der Waals surface area contributed by atoms with E-state index in [9.17, 15) is 14.4 Å². The molecule has 0 saturated heterocycles. The maximum atomic E-state index is 11.9. The predicted octanol–water partition coefficient (Wildman–Crippen LogP) is 0.133. The lowest BCUT2D eigenvalue weighted by Crippen LogP contribution is -2.45. The number of carboxylic acid groups (broad SMARTS) is 1. The molecule has 1 aromatic heterocycles. The first kappa shape index (κ1) is 15.6. The third-order valence-corrected chi connectivity index (χ3v) is 2.57. The SMILES string of the molecule is CC(C)N(CC(=O)O)C(=O)CNC(=O)c1cccnc1. The van der Waals surface area contributed by atoms with Gasteiger partial charge in [-0.15, -0.1) is 0 Å². The number of amides is 2. The second kappa shape index (κ2) is 7.22. The summed E-state index contributed by atoms with van der Waals surface area (Å²) in [7, 11) is 0. The fourth-order valence-corrected chi connectivity index (χ4v) is 1.56. The van der Waals surface area contributed by atoms with Gasteiger partial charge in [-0.05, 0) is 26.0 Å². The van der Waals surface area contributed by atoms with Gasteiger partial charge in [0.1, 0.15) is 6.54 Å². The molecule has 0 aliphatic rings. The van der Waals surface area contributed by atoms with Crippen molar-refractivity contribution < 1.29 is 19.5 Å². The molecule has 0 aliphatic heterocycles. The molecular weight excluding hydrogens is 262 g/mol. The van der Waals surface area contributed by atoms with Crippen LogP contribution in [0.2, 0.25) is 0 Å². The highest BCUT2D eigenvalue weighted by molar-refractivity contribution is 5.96. The maximum absolute atomic E-state index is 11.9. The van der Waals surface area contributed by atoms with Gasteiger partial charge in [0.15, 0.2) is 0 Å². The van der Waals surface area contributed by atoms with Gasteiger partial charge in [0, 0.05) is 18.4 Å². The molecule has 0 atom stereocenters. The summed E-state index contributed by atoms with van der Waals surface area (Å²) >= 11 is 0. The Morgan fingerprint density at radius 1 is 1.40 bits per heavy atom. The Balaban J connectivity index is 2.57. The first-order valence-electron chi connectivity index (χ1n) is 6.11. The van der Waals surface area contributed by atoms with Crippen LogP contribution >= 0.6 is 0 Å². The first-order valence-corrected chi connectivity index (χ1v) is 6.11. The molecule has 108 valence electrons. The van der Waals surface area contributed by atoms with Crippen molar-refractivity contribution in [1.29, 1.82) is 0 Å². The van der Waals surface area contributed by atoms with Crippen LogP contribution in [-0.4, -0.2) is 51.9 Å². The summed E-state index contributed by atoms with van der Waals surface area (Å²) in [6, 6.07) is 2.93. The second-order valence-electron chi connectivity index (χ2n) is 4.43. The van der Waals surface area contributed by atoms with Gasteiger partial charge in [-0.3, -0.25) is 19.4 Å². The third kappa shape index (κ3) is 4.68. The summed E-state index contributed by atoms with van der Waals surface area (Å²) in [6.07, 6.45) is 2.92. The van der Waals surface area contributed by atoms with Gasteiger partial charge in [0.05, 0.1) is 12.1 Å². The smallest absolute Gasteiger partial charge is 0.323 e. The Hall–Kier alpha value is -2.44. The molecule has 20 heavy (non-hydrogen) atoms. The van der Waals surface area contributed by atoms with Gasteiger partial charge in [-0.25, -0.2) is 0 Å². The Kier molecular flexibility index (Phi) is 5.64. The van der Waals surface area contributed by atoms with Crippen LogP contribution in [0.15, 0.2) is 24.5 Å². The second-order valence-corrected chi connectivity index (χ2v) is 4.43. The zero-order chi connectivity index (χ0) is 15.1. The van der Waals surface area contributed by atoms with E-state index in [1.54, 1.807) is 26.0 Å². The van der Waals surface area contributed by atoms with Crippen molar-refractivity contribution in [3.05, 3.63) is 30.1 Å². The number of carboxylic acids is 1. The Labute approximate surface area is 116 Å². The standard InChI is InChI=1S/C13H17N3O4/c1-9(2)16(8-12(18)19)11(17)7-15-13(20)10-4-3-5-14-6-10/h3-6,9H,7-8H2,1-2H3,(H,15,20)(H,18,19). The van der Waals surface area contributed by atoms with Gasteiger partial charge in [0.2, 0.25) is 5.91 Å². The molecule has 7 nitrogen and oxygen atoms in total. The van der Waals surface area contributed by atoms with E-state index in [1.165, 1.54) is 17.3 Å². The monoisotopic (exact) mass is 279 g/mol. The third-order valence-electron chi connectivity index (χ3n) is 2.57. The highest BCUT2D eigenvalue weighted by Gasteiger charge is 2.20. The van der Waals surface area contributed by atoms with E-state index in [-0.39, 0.29) is 19.1 Å². The number of hydrogen-bond acceptors (Lipinski definition) is 4. The summed E-state index contributed by atoms with van der Waals surface area (Å²) < 4.78 is 0. The van der Waals surface area contributed by atoms with Crippen LogP contribution in [0, 0.1) is 0 Å². The normalized spacial score (nSPS) is 10.2. The first-order chi connectivity index (χ1) is 9.41. The van der Waals surface area contributed by atoms with Crippen LogP contribution in [0.25, 0.3) is 0 Å². The van der Waals surface area contributed by atoms with Gasteiger partial charge in [-0.2, -0.15) is 0 Å². The Bertz CT molecular complexity index is 488. The molecule has 1 aromatic rings. The lowest BCUT2D eigenvalue weighted by molar-refractivity contribution is -0.145. The molecule has 0 bridgehead atoms. The van der Waals surface area contributed by atoms with E-state index in [0.717, 1.165) is 0 Å². The van der Waals surface area contributed by atoms with Crippen molar-refractivity contribution in [3.63, 3.8) is 0 Å². The molecule has 0 radical (unpaired) electrons. The van der Waals surface area contributed by atoms with Gasteiger partial charge >= 0.3 is 5.97 Å². The van der Waals surface area contributed by atoms with Gasteiger partial charge in [0.25, 0.3) is 5.91 Å². The van der Waals surface area contributed by atoms with Crippen LogP contribution in [0.5, 0.6) is 0 Å². The van der Waals surface area contributed by atoms with E-state index in [4.69, 9.17) is 5.11 Å². The fourth-order valence-electron chi connectivity index (χ4n) is 1.56. The van der Waals surface area contributed by atoms with Crippen molar-refractivity contribution in [2.75, 3.05) is 13.1 Å². The average Bonchev–Trinajstić information content (AvgIpc) is 2.42. The summed E-state index contributed by atoms with van der Waals surface area (Å²) in [5, 5.41) is 11.2. The molecule has 2 amide bonds. The average molecular weight is 279 g/mol. The van der Waals surface area contributed by atoms with Crippen molar-refractivity contribution in [2.24, 2.45) is 0 Å². The molecule has 0 spiro atoms. The van der Waals surface area contributed by atoms with Crippen molar-refractivity contribution in [2.45, 2.75) is 19.9 Å². The number of aliphatic carboxylic acids is 1. The molecule has 0 aromatic carbocycles. The summed E-state index contributed by atoms with van der Waals surface area (Å²) in [6.45, 7) is 2.78. The molecule has 2 N–H and O–H groups in total. The summed E-state index contributed by atoms with van der Waals surface area (Å²) in [4.78, 5) is 39.3. The van der Waals surface area contributed by atoms with E-state index >= 15 is 0 Å². The molecule has 7 heteroatoms. The number of pyridine rings is 1. The molecule has 0 unspecified atom stereocenters. The number of aromatic nitrogens is 1. The summed E-state index contributed by atoms with van der Waals surface area (Å²) in [5.41, 5.74) is 0.342. The minimum Gasteiger partial charge on any atom is -0.480 e. The number of hydrogen-bond donors (Lipinski definition) is 2. The van der Waals surface area contributed by atoms with Crippen LogP contribution in [0.3, 0.4) is 0 Å². The molecule has 0 saturated carbocycles. The Morgan fingerprint density at radius 2 is 2.10 bits per heavy atom. The van der Waals surface area contributed by atoms with Crippen LogP contribution in [0.1, 0.15) is 24.2 Å². The number of carbonyl (C=O) groups excluding carboxylic acids is 2. The quantitative estimate of drug-likeness (QED) is 0.771. The number of carbonyl (C=O) groups is 3. The minimum absolute atomic E-state index is 0.251. The molecule has 0 aliphatic carbocycles. The highest BCUT2D eigenvalue weighted by Crippen LogP contribution is 1.99. The largest absolute Gasteiger partial charge is 0.480 e. The predicted molar refractivity (Wildman–Crippen MR) is 71.1 cm³/mol. The van der Waals surface area contributed by atoms with E-state index < -0.39 is 17.8 Å². The van der Waals surface area contributed by atoms with Gasteiger partial charge in [-0.1, -0.05) is 0 Å². The van der Waals surface area contributed by atoms with Crippen molar-refractivity contribution >= 4 is 17.8 Å². The molecule has 0 fully saturated rings. The Morgan fingerprint density at radius 3 is 2.60 bits per heavy atom. The van der Waals surface area contributed by atoms with E-state index in [2.05, 4.69) is 10.3 Å². The minimum atomic E-state index is -1.09. The van der Waals surface area contributed by atoms with Gasteiger partial charge < -0.3 is 15.3 Å². The lowest BCUT2D eigenvalue weighted by Gasteiger charge is -2.24. The maximum Gasteiger partial charge on any atom is 0.323 e.